The number of ether oxygens (including phenoxy) is 1. The highest BCUT2D eigenvalue weighted by Crippen LogP contribution is 2.37. The molecule has 1 aromatic rings. The Morgan fingerprint density at radius 3 is 2.30 bits per heavy atom. The highest BCUT2D eigenvalue weighted by molar-refractivity contribution is 5.84. The molecule has 0 heterocycles. The summed E-state index contributed by atoms with van der Waals surface area (Å²) in [6.07, 6.45) is -5.79. The molecule has 23 heavy (non-hydrogen) atoms. The molecule has 0 bridgehead atoms. The Morgan fingerprint density at radius 1 is 1.26 bits per heavy atom. The Labute approximate surface area is 131 Å². The van der Waals surface area contributed by atoms with E-state index in [9.17, 15) is 26.7 Å². The molecule has 0 fully saturated rings. The number of rotatable bonds is 5. The summed E-state index contributed by atoms with van der Waals surface area (Å²) < 4.78 is 68.1. The fourth-order valence-electron chi connectivity index (χ4n) is 2.01. The predicted octanol–water partition coefficient (Wildman–Crippen LogP) is 3.59. The lowest BCUT2D eigenvalue weighted by molar-refractivity contribution is -0.274. The molecule has 0 saturated carbocycles. The molecule has 1 atom stereocenters. The third-order valence-corrected chi connectivity index (χ3v) is 3.61. The molecule has 3 nitrogen and oxygen atoms in total. The van der Waals surface area contributed by atoms with E-state index >= 15 is 0 Å². The van der Waals surface area contributed by atoms with E-state index in [1.807, 2.05) is 6.92 Å². The molecule has 0 aliphatic carbocycles. The lowest BCUT2D eigenvalue weighted by Crippen LogP contribution is -2.53. The number of aryl methyl sites for hydroxylation is 1. The van der Waals surface area contributed by atoms with Gasteiger partial charge in [-0.05, 0) is 37.5 Å². The number of methoxy groups -OCH3 is 1. The van der Waals surface area contributed by atoms with Crippen molar-refractivity contribution in [3.63, 3.8) is 0 Å². The second kappa shape index (κ2) is 6.72. The van der Waals surface area contributed by atoms with Crippen molar-refractivity contribution in [2.24, 2.45) is 0 Å². The molecular weight excluding hydrogens is 321 g/mol. The van der Waals surface area contributed by atoms with Gasteiger partial charge in [-0.1, -0.05) is 12.1 Å². The SMILES string of the molecule is COc1cc(CC(C)N(C)C(=O)C(F)(F)C(F)(F)F)ccc1C. The van der Waals surface area contributed by atoms with Gasteiger partial charge in [0.1, 0.15) is 5.75 Å². The maximum atomic E-state index is 13.1. The number of halogens is 5. The molecule has 0 saturated heterocycles. The van der Waals surface area contributed by atoms with Crippen LogP contribution >= 0.6 is 0 Å². The van der Waals surface area contributed by atoms with Crippen molar-refractivity contribution in [2.75, 3.05) is 14.2 Å². The minimum Gasteiger partial charge on any atom is -0.496 e. The predicted molar refractivity (Wildman–Crippen MR) is 74.7 cm³/mol. The molecule has 1 rings (SSSR count). The molecule has 0 N–H and O–H groups in total. The van der Waals surface area contributed by atoms with Crippen LogP contribution in [0.4, 0.5) is 22.0 Å². The van der Waals surface area contributed by atoms with Crippen molar-refractivity contribution in [3.05, 3.63) is 29.3 Å². The molecule has 0 radical (unpaired) electrons. The maximum absolute atomic E-state index is 13.1. The lowest BCUT2D eigenvalue weighted by atomic mass is 10.0. The van der Waals surface area contributed by atoms with Crippen LogP contribution in [-0.2, 0) is 11.2 Å². The molecule has 0 aliphatic heterocycles. The fourth-order valence-corrected chi connectivity index (χ4v) is 2.01. The summed E-state index contributed by atoms with van der Waals surface area (Å²) in [5.74, 6) is -7.10. The largest absolute Gasteiger partial charge is 0.496 e. The quantitative estimate of drug-likeness (QED) is 0.768. The van der Waals surface area contributed by atoms with E-state index in [-0.39, 0.29) is 6.42 Å². The first kappa shape index (κ1) is 19.2. The van der Waals surface area contributed by atoms with Gasteiger partial charge in [0.15, 0.2) is 0 Å². The van der Waals surface area contributed by atoms with Gasteiger partial charge in [-0.2, -0.15) is 22.0 Å². The molecule has 1 unspecified atom stereocenters. The summed E-state index contributed by atoms with van der Waals surface area (Å²) in [4.78, 5) is 11.9. The topological polar surface area (TPSA) is 29.5 Å². The van der Waals surface area contributed by atoms with E-state index in [4.69, 9.17) is 4.74 Å². The van der Waals surface area contributed by atoms with Crippen LogP contribution in [0.5, 0.6) is 5.75 Å². The molecular formula is C15H18F5NO2. The van der Waals surface area contributed by atoms with Crippen LogP contribution in [0.2, 0.25) is 0 Å². The molecule has 0 spiro atoms. The number of hydrogen-bond acceptors (Lipinski definition) is 2. The Morgan fingerprint density at radius 2 is 1.83 bits per heavy atom. The lowest BCUT2D eigenvalue weighted by Gasteiger charge is -2.29. The first-order chi connectivity index (χ1) is 10.4. The number of amides is 1. The average Bonchev–Trinajstić information content (AvgIpc) is 2.46. The molecule has 0 aromatic heterocycles. The minimum absolute atomic E-state index is 0.118. The van der Waals surface area contributed by atoms with Crippen LogP contribution in [0.3, 0.4) is 0 Å². The zero-order valence-corrected chi connectivity index (χ0v) is 13.2. The first-order valence-corrected chi connectivity index (χ1v) is 6.77. The normalized spacial score (nSPS) is 13.6. The number of likely N-dealkylation sites (N-methyl/N-ethyl adjacent to an activating group) is 1. The first-order valence-electron chi connectivity index (χ1n) is 6.77. The average molecular weight is 339 g/mol. The van der Waals surface area contributed by atoms with E-state index in [1.165, 1.54) is 14.0 Å². The van der Waals surface area contributed by atoms with Crippen molar-refractivity contribution in [1.82, 2.24) is 4.90 Å². The standard InChI is InChI=1S/C15H18F5NO2/c1-9-5-6-11(8-12(9)23-4)7-10(2)21(3)13(22)14(16,17)15(18,19)20/h5-6,8,10H,7H2,1-4H3. The Kier molecular flexibility index (Phi) is 5.60. The van der Waals surface area contributed by atoms with Crippen molar-refractivity contribution in [3.8, 4) is 5.75 Å². The molecule has 130 valence electrons. The van der Waals surface area contributed by atoms with Crippen LogP contribution in [0.25, 0.3) is 0 Å². The summed E-state index contributed by atoms with van der Waals surface area (Å²) in [6.45, 7) is 3.21. The van der Waals surface area contributed by atoms with Crippen LogP contribution in [0, 0.1) is 6.92 Å². The van der Waals surface area contributed by atoms with Gasteiger partial charge in [-0.3, -0.25) is 4.79 Å². The Bertz CT molecular complexity index is 571. The van der Waals surface area contributed by atoms with Gasteiger partial charge >= 0.3 is 18.0 Å². The fraction of sp³-hybridized carbons (Fsp3) is 0.533. The number of carbonyl (C=O) groups excluding carboxylic acids is 1. The Balaban J connectivity index is 2.89. The van der Waals surface area contributed by atoms with Gasteiger partial charge in [0.25, 0.3) is 0 Å². The van der Waals surface area contributed by atoms with E-state index in [1.54, 1.807) is 18.2 Å². The number of hydrogen-bond donors (Lipinski definition) is 0. The molecule has 1 aromatic carbocycles. The van der Waals surface area contributed by atoms with Crippen LogP contribution in [0.1, 0.15) is 18.1 Å². The summed E-state index contributed by atoms with van der Waals surface area (Å²) >= 11 is 0. The Hall–Kier alpha value is -1.86. The van der Waals surface area contributed by atoms with Gasteiger partial charge in [0, 0.05) is 13.1 Å². The summed E-state index contributed by atoms with van der Waals surface area (Å²) in [5.41, 5.74) is 1.52. The zero-order valence-electron chi connectivity index (χ0n) is 13.2. The number of carbonyl (C=O) groups is 1. The maximum Gasteiger partial charge on any atom is 0.463 e. The molecule has 1 amide bonds. The third-order valence-electron chi connectivity index (χ3n) is 3.61. The zero-order chi connectivity index (χ0) is 18.0. The third kappa shape index (κ3) is 4.11. The van der Waals surface area contributed by atoms with Crippen molar-refractivity contribution in [1.29, 1.82) is 0 Å². The van der Waals surface area contributed by atoms with E-state index in [0.717, 1.165) is 12.6 Å². The van der Waals surface area contributed by atoms with Gasteiger partial charge < -0.3 is 9.64 Å². The highest BCUT2D eigenvalue weighted by atomic mass is 19.4. The van der Waals surface area contributed by atoms with E-state index < -0.39 is 24.0 Å². The van der Waals surface area contributed by atoms with Crippen molar-refractivity contribution >= 4 is 5.91 Å². The second-order valence-electron chi connectivity index (χ2n) is 5.35. The molecule has 8 heteroatoms. The van der Waals surface area contributed by atoms with Crippen LogP contribution in [-0.4, -0.2) is 43.1 Å². The van der Waals surface area contributed by atoms with Crippen molar-refractivity contribution in [2.45, 2.75) is 38.4 Å². The second-order valence-corrected chi connectivity index (χ2v) is 5.35. The van der Waals surface area contributed by atoms with Gasteiger partial charge in [-0.15, -0.1) is 0 Å². The summed E-state index contributed by atoms with van der Waals surface area (Å²) in [7, 11) is 2.40. The molecule has 0 aliphatic rings. The van der Waals surface area contributed by atoms with E-state index in [2.05, 4.69) is 0 Å². The van der Waals surface area contributed by atoms with Gasteiger partial charge in [0.05, 0.1) is 7.11 Å². The van der Waals surface area contributed by atoms with Crippen LogP contribution in [0.15, 0.2) is 18.2 Å². The van der Waals surface area contributed by atoms with E-state index in [0.29, 0.717) is 16.2 Å². The van der Waals surface area contributed by atoms with Crippen LogP contribution < -0.4 is 4.74 Å². The number of benzene rings is 1. The highest BCUT2D eigenvalue weighted by Gasteiger charge is 2.64. The monoisotopic (exact) mass is 339 g/mol. The summed E-state index contributed by atoms with van der Waals surface area (Å²) in [6, 6.07) is 4.26. The smallest absolute Gasteiger partial charge is 0.463 e. The number of nitrogens with zero attached hydrogens (tertiary/aromatic N) is 1. The number of alkyl halides is 5. The van der Waals surface area contributed by atoms with Gasteiger partial charge in [-0.25, -0.2) is 0 Å². The van der Waals surface area contributed by atoms with Gasteiger partial charge in [0.2, 0.25) is 0 Å². The minimum atomic E-state index is -5.91. The summed E-state index contributed by atoms with van der Waals surface area (Å²) in [5, 5.41) is 0. The van der Waals surface area contributed by atoms with Crippen molar-refractivity contribution < 1.29 is 31.5 Å².